The molecule has 0 aromatic rings. The molecular formula is C27H44OS. The molecule has 0 bridgehead atoms. The van der Waals surface area contributed by atoms with E-state index in [0.29, 0.717) is 10.8 Å². The lowest BCUT2D eigenvalue weighted by molar-refractivity contribution is -0.0382. The number of rotatable bonds is 3. The van der Waals surface area contributed by atoms with Gasteiger partial charge in [-0.2, -0.15) is 11.8 Å². The van der Waals surface area contributed by atoms with Gasteiger partial charge in [0.05, 0.1) is 6.10 Å². The molecule has 3 saturated carbocycles. The number of fused-ring (bicyclic) bond motifs is 4. The zero-order chi connectivity index (χ0) is 20.2. The molecule has 0 radical (unpaired) electrons. The lowest BCUT2D eigenvalue weighted by Crippen LogP contribution is -2.48. The second-order valence-electron chi connectivity index (χ2n) is 12.1. The first kappa shape index (κ1) is 20.9. The van der Waals surface area contributed by atoms with Crippen molar-refractivity contribution in [1.29, 1.82) is 0 Å². The fraction of sp³-hybridized carbons (Fsp3) is 0.926. The molecule has 29 heavy (non-hydrogen) atoms. The number of hydrogen-bond acceptors (Lipinski definition) is 2. The van der Waals surface area contributed by atoms with Crippen LogP contribution in [0.3, 0.4) is 0 Å². The van der Waals surface area contributed by atoms with E-state index in [4.69, 9.17) is 0 Å². The normalized spacial score (nSPS) is 46.8. The van der Waals surface area contributed by atoms with Gasteiger partial charge in [-0.05, 0) is 129 Å². The topological polar surface area (TPSA) is 20.2 Å². The summed E-state index contributed by atoms with van der Waals surface area (Å²) in [5.74, 6) is 7.26. The van der Waals surface area contributed by atoms with Crippen molar-refractivity contribution >= 4 is 11.8 Å². The standard InChI is InChI=1S/C27H44OS/c1-18(16-19-10-14-29-15-11-19)23-6-7-24-22-5-4-20-17-21(28)8-12-26(20,2)25(22)9-13-27(23,24)3/h18-21,23,25,28H,4-17H2,1-3H3/t18-,20+,21+,23-,25?,26+,27-/m1/s1. The number of aliphatic hydroxyl groups excluding tert-OH is 1. The summed E-state index contributed by atoms with van der Waals surface area (Å²) in [6.45, 7) is 7.89. The maximum atomic E-state index is 10.3. The van der Waals surface area contributed by atoms with Crippen molar-refractivity contribution in [2.75, 3.05) is 11.5 Å². The molecule has 0 spiro atoms. The van der Waals surface area contributed by atoms with Gasteiger partial charge in [-0.1, -0.05) is 31.9 Å². The van der Waals surface area contributed by atoms with Crippen LogP contribution in [-0.2, 0) is 0 Å². The molecule has 5 aliphatic rings. The lowest BCUT2D eigenvalue weighted by atomic mass is 9.48. The fourth-order valence-electron chi connectivity index (χ4n) is 9.09. The summed E-state index contributed by atoms with van der Waals surface area (Å²) in [6.07, 6.45) is 16.2. The van der Waals surface area contributed by atoms with Gasteiger partial charge in [-0.25, -0.2) is 0 Å². The summed E-state index contributed by atoms with van der Waals surface area (Å²) in [5.41, 5.74) is 4.85. The molecule has 0 aromatic heterocycles. The third-order valence-electron chi connectivity index (χ3n) is 10.8. The Labute approximate surface area is 183 Å². The molecule has 2 heteroatoms. The highest BCUT2D eigenvalue weighted by atomic mass is 32.2. The Morgan fingerprint density at radius 3 is 2.59 bits per heavy atom. The highest BCUT2D eigenvalue weighted by Gasteiger charge is 2.55. The number of thioether (sulfide) groups is 1. The minimum absolute atomic E-state index is 0.0222. The highest BCUT2D eigenvalue weighted by Crippen LogP contribution is 2.66. The Morgan fingerprint density at radius 2 is 1.79 bits per heavy atom. The minimum Gasteiger partial charge on any atom is -0.393 e. The molecule has 4 fully saturated rings. The van der Waals surface area contributed by atoms with E-state index in [0.717, 1.165) is 42.4 Å². The second-order valence-corrected chi connectivity index (χ2v) is 13.3. The molecule has 164 valence electrons. The predicted molar refractivity (Wildman–Crippen MR) is 125 cm³/mol. The van der Waals surface area contributed by atoms with Crippen LogP contribution < -0.4 is 0 Å². The van der Waals surface area contributed by atoms with Gasteiger partial charge in [0.1, 0.15) is 0 Å². The molecule has 0 amide bonds. The van der Waals surface area contributed by atoms with E-state index in [2.05, 4.69) is 32.5 Å². The van der Waals surface area contributed by atoms with E-state index >= 15 is 0 Å². The Balaban J connectivity index is 1.37. The van der Waals surface area contributed by atoms with Gasteiger partial charge in [0.2, 0.25) is 0 Å². The predicted octanol–water partition coefficient (Wildman–Crippen LogP) is 7.24. The van der Waals surface area contributed by atoms with Crippen molar-refractivity contribution in [3.05, 3.63) is 11.1 Å². The summed E-state index contributed by atoms with van der Waals surface area (Å²) < 4.78 is 0. The maximum absolute atomic E-state index is 10.3. The molecule has 1 nitrogen and oxygen atoms in total. The number of allylic oxidation sites excluding steroid dienone is 2. The highest BCUT2D eigenvalue weighted by molar-refractivity contribution is 7.99. The molecule has 7 atom stereocenters. The van der Waals surface area contributed by atoms with Gasteiger partial charge in [0, 0.05) is 0 Å². The van der Waals surface area contributed by atoms with Crippen LogP contribution in [0.4, 0.5) is 0 Å². The molecule has 0 aromatic carbocycles. The van der Waals surface area contributed by atoms with Crippen LogP contribution in [0.5, 0.6) is 0 Å². The summed E-state index contributed by atoms with van der Waals surface area (Å²) in [6, 6.07) is 0. The Morgan fingerprint density at radius 1 is 1.00 bits per heavy atom. The summed E-state index contributed by atoms with van der Waals surface area (Å²) in [7, 11) is 0. The van der Waals surface area contributed by atoms with E-state index in [9.17, 15) is 5.11 Å². The largest absolute Gasteiger partial charge is 0.393 e. The van der Waals surface area contributed by atoms with Crippen molar-refractivity contribution in [2.24, 2.45) is 40.4 Å². The van der Waals surface area contributed by atoms with E-state index < -0.39 is 0 Å². The first-order chi connectivity index (χ1) is 13.9. The van der Waals surface area contributed by atoms with Gasteiger partial charge in [0.15, 0.2) is 0 Å². The van der Waals surface area contributed by atoms with E-state index in [1.165, 1.54) is 75.7 Å². The number of aliphatic hydroxyl groups is 1. The van der Waals surface area contributed by atoms with Crippen molar-refractivity contribution in [3.8, 4) is 0 Å². The molecule has 1 heterocycles. The quantitative estimate of drug-likeness (QED) is 0.489. The second kappa shape index (κ2) is 7.88. The first-order valence-corrected chi connectivity index (χ1v) is 14.1. The van der Waals surface area contributed by atoms with Crippen LogP contribution in [0.15, 0.2) is 11.1 Å². The third kappa shape index (κ3) is 3.47. The zero-order valence-electron chi connectivity index (χ0n) is 19.2. The van der Waals surface area contributed by atoms with Crippen LogP contribution in [0, 0.1) is 40.4 Å². The average molecular weight is 417 g/mol. The average Bonchev–Trinajstić information content (AvgIpc) is 3.06. The van der Waals surface area contributed by atoms with Crippen molar-refractivity contribution in [2.45, 2.75) is 104 Å². The number of hydrogen-bond donors (Lipinski definition) is 1. The van der Waals surface area contributed by atoms with E-state index in [1.54, 1.807) is 0 Å². The van der Waals surface area contributed by atoms with E-state index in [1.807, 2.05) is 11.1 Å². The van der Waals surface area contributed by atoms with Crippen LogP contribution >= 0.6 is 11.8 Å². The monoisotopic (exact) mass is 416 g/mol. The summed E-state index contributed by atoms with van der Waals surface area (Å²) >= 11 is 2.17. The molecule has 1 unspecified atom stereocenters. The Hall–Kier alpha value is 0.0500. The zero-order valence-corrected chi connectivity index (χ0v) is 20.0. The Kier molecular flexibility index (Phi) is 5.68. The Bertz CT molecular complexity index is 649. The van der Waals surface area contributed by atoms with Gasteiger partial charge < -0.3 is 5.11 Å². The molecule has 1 saturated heterocycles. The summed E-state index contributed by atoms with van der Waals surface area (Å²) in [5, 5.41) is 10.3. The summed E-state index contributed by atoms with van der Waals surface area (Å²) in [4.78, 5) is 0. The molecule has 1 aliphatic heterocycles. The smallest absolute Gasteiger partial charge is 0.0543 e. The van der Waals surface area contributed by atoms with Crippen molar-refractivity contribution in [1.82, 2.24) is 0 Å². The van der Waals surface area contributed by atoms with Crippen LogP contribution in [0.2, 0.25) is 0 Å². The molecule has 4 aliphatic carbocycles. The molecule has 5 rings (SSSR count). The van der Waals surface area contributed by atoms with Gasteiger partial charge in [-0.15, -0.1) is 0 Å². The van der Waals surface area contributed by atoms with E-state index in [-0.39, 0.29) is 6.10 Å². The molecular weight excluding hydrogens is 372 g/mol. The maximum Gasteiger partial charge on any atom is 0.0543 e. The van der Waals surface area contributed by atoms with Crippen LogP contribution in [-0.4, -0.2) is 22.7 Å². The van der Waals surface area contributed by atoms with Crippen LogP contribution in [0.1, 0.15) is 97.8 Å². The third-order valence-corrected chi connectivity index (χ3v) is 11.8. The van der Waals surface area contributed by atoms with Crippen molar-refractivity contribution in [3.63, 3.8) is 0 Å². The van der Waals surface area contributed by atoms with Gasteiger partial charge in [0.25, 0.3) is 0 Å². The van der Waals surface area contributed by atoms with Crippen molar-refractivity contribution < 1.29 is 5.11 Å². The lowest BCUT2D eigenvalue weighted by Gasteiger charge is -2.56. The van der Waals surface area contributed by atoms with Gasteiger partial charge in [-0.3, -0.25) is 0 Å². The first-order valence-electron chi connectivity index (χ1n) is 12.9. The SMILES string of the molecule is C[C@H](CC1CCSCC1)[C@H]1CCC2=C3CC[C@H]4C[C@@H](O)CC[C@]4(C)C3CC[C@@]21C. The molecule has 1 N–H and O–H groups in total. The van der Waals surface area contributed by atoms with Gasteiger partial charge >= 0.3 is 0 Å². The fourth-order valence-corrected chi connectivity index (χ4v) is 10.3. The van der Waals surface area contributed by atoms with Crippen LogP contribution in [0.25, 0.3) is 0 Å². The minimum atomic E-state index is -0.0222.